The van der Waals surface area contributed by atoms with E-state index in [9.17, 15) is 9.18 Å². The van der Waals surface area contributed by atoms with Crippen LogP contribution in [0.15, 0.2) is 18.2 Å². The van der Waals surface area contributed by atoms with Crippen molar-refractivity contribution in [1.82, 2.24) is 5.32 Å². The molecule has 0 heterocycles. The number of amides is 1. The number of hydrogen-bond donors (Lipinski definition) is 1. The van der Waals surface area contributed by atoms with E-state index in [-0.39, 0.29) is 17.5 Å². The van der Waals surface area contributed by atoms with Gasteiger partial charge in [0.2, 0.25) is 0 Å². The van der Waals surface area contributed by atoms with Crippen molar-refractivity contribution in [1.29, 1.82) is 0 Å². The van der Waals surface area contributed by atoms with Gasteiger partial charge < -0.3 is 10.1 Å². The van der Waals surface area contributed by atoms with Crippen molar-refractivity contribution < 1.29 is 13.9 Å². The van der Waals surface area contributed by atoms with Crippen LogP contribution in [0.4, 0.5) is 4.39 Å². The van der Waals surface area contributed by atoms with Gasteiger partial charge in [0.25, 0.3) is 5.91 Å². The first-order valence-corrected chi connectivity index (χ1v) is 6.60. The average molecular weight is 267 g/mol. The van der Waals surface area contributed by atoms with Gasteiger partial charge in [0.05, 0.1) is 18.2 Å². The molecule has 0 saturated heterocycles. The van der Waals surface area contributed by atoms with Crippen molar-refractivity contribution in [2.75, 3.05) is 13.2 Å². The van der Waals surface area contributed by atoms with Gasteiger partial charge in [-0.05, 0) is 37.5 Å². The molecule has 106 valence electrons. The highest BCUT2D eigenvalue weighted by Crippen LogP contribution is 2.11. The fraction of sp³-hybridized carbons (Fsp3) is 0.533. The third-order valence-corrected chi connectivity index (χ3v) is 2.99. The minimum Gasteiger partial charge on any atom is -0.380 e. The van der Waals surface area contributed by atoms with Gasteiger partial charge >= 0.3 is 0 Å². The minimum absolute atomic E-state index is 0.0766. The van der Waals surface area contributed by atoms with E-state index in [4.69, 9.17) is 4.74 Å². The molecule has 1 atom stereocenters. The highest BCUT2D eigenvalue weighted by Gasteiger charge is 2.19. The Hall–Kier alpha value is -1.42. The summed E-state index contributed by atoms with van der Waals surface area (Å²) in [5.41, 5.74) is 0.872. The lowest BCUT2D eigenvalue weighted by molar-refractivity contribution is 0.0803. The summed E-state index contributed by atoms with van der Waals surface area (Å²) in [5, 5.41) is 2.82. The molecule has 0 aliphatic carbocycles. The van der Waals surface area contributed by atoms with Crippen LogP contribution in [0.3, 0.4) is 0 Å². The molecule has 0 fully saturated rings. The second-order valence-corrected chi connectivity index (χ2v) is 4.97. The average Bonchev–Trinajstić information content (AvgIpc) is 2.33. The first kappa shape index (κ1) is 15.6. The van der Waals surface area contributed by atoms with E-state index in [1.54, 1.807) is 13.0 Å². The molecule has 1 aromatic carbocycles. The number of rotatable bonds is 6. The number of carbonyl (C=O) groups excluding carboxylic acids is 1. The largest absolute Gasteiger partial charge is 0.380 e. The summed E-state index contributed by atoms with van der Waals surface area (Å²) in [7, 11) is 0. The highest BCUT2D eigenvalue weighted by atomic mass is 19.1. The van der Waals surface area contributed by atoms with Crippen LogP contribution in [-0.4, -0.2) is 25.2 Å². The molecule has 0 saturated carbocycles. The maximum absolute atomic E-state index is 13.7. The normalized spacial score (nSPS) is 12.5. The van der Waals surface area contributed by atoms with Crippen molar-refractivity contribution in [2.24, 2.45) is 5.92 Å². The van der Waals surface area contributed by atoms with Gasteiger partial charge in [0.1, 0.15) is 5.82 Å². The molecule has 0 aromatic heterocycles. The molecule has 1 unspecified atom stereocenters. The van der Waals surface area contributed by atoms with E-state index < -0.39 is 11.7 Å². The lowest BCUT2D eigenvalue weighted by atomic mass is 10.0. The molecule has 0 aliphatic rings. The minimum atomic E-state index is -0.489. The molecule has 1 rings (SSSR count). The third-order valence-electron chi connectivity index (χ3n) is 2.99. The Kier molecular flexibility index (Phi) is 5.96. The molecule has 0 radical (unpaired) electrons. The molecule has 0 bridgehead atoms. The number of benzene rings is 1. The first-order valence-electron chi connectivity index (χ1n) is 6.60. The zero-order valence-corrected chi connectivity index (χ0v) is 12.0. The first-order chi connectivity index (χ1) is 8.95. The Bertz CT molecular complexity index is 432. The number of nitrogens with one attached hydrogen (secondary N) is 1. The van der Waals surface area contributed by atoms with Crippen molar-refractivity contribution in [3.05, 3.63) is 35.1 Å². The van der Waals surface area contributed by atoms with E-state index in [0.29, 0.717) is 13.2 Å². The Morgan fingerprint density at radius 1 is 1.42 bits per heavy atom. The zero-order valence-electron chi connectivity index (χ0n) is 12.0. The Morgan fingerprint density at radius 2 is 2.11 bits per heavy atom. The summed E-state index contributed by atoms with van der Waals surface area (Å²) in [6.45, 7) is 8.71. The van der Waals surface area contributed by atoms with Gasteiger partial charge in [-0.3, -0.25) is 4.79 Å². The van der Waals surface area contributed by atoms with E-state index in [2.05, 4.69) is 5.32 Å². The predicted molar refractivity (Wildman–Crippen MR) is 73.7 cm³/mol. The van der Waals surface area contributed by atoms with Gasteiger partial charge in [-0.1, -0.05) is 19.9 Å². The second kappa shape index (κ2) is 7.24. The summed E-state index contributed by atoms with van der Waals surface area (Å²) >= 11 is 0. The maximum Gasteiger partial charge on any atom is 0.254 e. The summed E-state index contributed by atoms with van der Waals surface area (Å²) in [5.74, 6) is -0.656. The van der Waals surface area contributed by atoms with Crippen LogP contribution in [0, 0.1) is 18.7 Å². The number of halogens is 1. The van der Waals surface area contributed by atoms with Crippen molar-refractivity contribution >= 4 is 5.91 Å². The molecule has 4 heteroatoms. The van der Waals surface area contributed by atoms with Crippen LogP contribution < -0.4 is 5.32 Å². The summed E-state index contributed by atoms with van der Waals surface area (Å²) in [4.78, 5) is 12.0. The summed E-state index contributed by atoms with van der Waals surface area (Å²) in [6.07, 6.45) is 0. The van der Waals surface area contributed by atoms with Crippen molar-refractivity contribution in [3.63, 3.8) is 0 Å². The van der Waals surface area contributed by atoms with Gasteiger partial charge in [0, 0.05) is 6.61 Å². The molecule has 1 N–H and O–H groups in total. The smallest absolute Gasteiger partial charge is 0.254 e. The van der Waals surface area contributed by atoms with Crippen molar-refractivity contribution in [2.45, 2.75) is 33.7 Å². The molecule has 0 aliphatic heterocycles. The molecule has 0 spiro atoms. The lowest BCUT2D eigenvalue weighted by Gasteiger charge is -2.22. The van der Waals surface area contributed by atoms with Crippen LogP contribution in [0.1, 0.15) is 36.7 Å². The summed E-state index contributed by atoms with van der Waals surface area (Å²) < 4.78 is 19.0. The van der Waals surface area contributed by atoms with Crippen LogP contribution in [0.25, 0.3) is 0 Å². The Labute approximate surface area is 114 Å². The van der Waals surface area contributed by atoms with Gasteiger partial charge in [-0.15, -0.1) is 0 Å². The standard InChI is InChI=1S/C15H22FNO2/c1-5-19-9-14(10(2)3)17-15(18)12-7-6-11(4)8-13(12)16/h6-8,10,14H,5,9H2,1-4H3,(H,17,18). The number of aryl methyl sites for hydroxylation is 1. The van der Waals surface area contributed by atoms with Gasteiger partial charge in [0.15, 0.2) is 0 Å². The van der Waals surface area contributed by atoms with E-state index in [1.807, 2.05) is 20.8 Å². The zero-order chi connectivity index (χ0) is 14.4. The van der Waals surface area contributed by atoms with Gasteiger partial charge in [-0.2, -0.15) is 0 Å². The lowest BCUT2D eigenvalue weighted by Crippen LogP contribution is -2.42. The molecular formula is C15H22FNO2. The molecule has 1 amide bonds. The maximum atomic E-state index is 13.7. The predicted octanol–water partition coefficient (Wildman–Crippen LogP) is 2.93. The van der Waals surface area contributed by atoms with Crippen LogP contribution in [0.5, 0.6) is 0 Å². The van der Waals surface area contributed by atoms with E-state index >= 15 is 0 Å². The molecule has 3 nitrogen and oxygen atoms in total. The molecular weight excluding hydrogens is 245 g/mol. The fourth-order valence-corrected chi connectivity index (χ4v) is 1.70. The van der Waals surface area contributed by atoms with E-state index in [0.717, 1.165) is 5.56 Å². The van der Waals surface area contributed by atoms with Crippen LogP contribution in [0.2, 0.25) is 0 Å². The Morgan fingerprint density at radius 3 is 2.63 bits per heavy atom. The fourth-order valence-electron chi connectivity index (χ4n) is 1.70. The monoisotopic (exact) mass is 267 g/mol. The van der Waals surface area contributed by atoms with Crippen LogP contribution in [-0.2, 0) is 4.74 Å². The second-order valence-electron chi connectivity index (χ2n) is 4.97. The van der Waals surface area contributed by atoms with Crippen LogP contribution >= 0.6 is 0 Å². The number of ether oxygens (including phenoxy) is 1. The van der Waals surface area contributed by atoms with Gasteiger partial charge in [-0.25, -0.2) is 4.39 Å². The quantitative estimate of drug-likeness (QED) is 0.860. The SMILES string of the molecule is CCOCC(NC(=O)c1ccc(C)cc1F)C(C)C. The summed E-state index contributed by atoms with van der Waals surface area (Å²) in [6, 6.07) is 4.48. The molecule has 1 aromatic rings. The molecule has 19 heavy (non-hydrogen) atoms. The Balaban J connectivity index is 2.76. The van der Waals surface area contributed by atoms with E-state index in [1.165, 1.54) is 12.1 Å². The highest BCUT2D eigenvalue weighted by molar-refractivity contribution is 5.94. The number of carbonyl (C=O) groups is 1. The number of hydrogen-bond acceptors (Lipinski definition) is 2. The third kappa shape index (κ3) is 4.63. The topological polar surface area (TPSA) is 38.3 Å². The van der Waals surface area contributed by atoms with Crippen molar-refractivity contribution in [3.8, 4) is 0 Å².